The van der Waals surface area contributed by atoms with Gasteiger partial charge in [0, 0.05) is 0 Å². The van der Waals surface area contributed by atoms with Crippen LogP contribution in [-0.4, -0.2) is 23.1 Å². The summed E-state index contributed by atoms with van der Waals surface area (Å²) in [4.78, 5) is 24.0. The van der Waals surface area contributed by atoms with Gasteiger partial charge in [-0.15, -0.1) is 0 Å². The monoisotopic (exact) mass is 368 g/mol. The van der Waals surface area contributed by atoms with E-state index < -0.39 is 17.8 Å². The SMILES string of the molecule is CCCCCCCCCCC(OC(=O)C1CCCCC1C(=O)O)C(C)C. The smallest absolute Gasteiger partial charge is 0.310 e. The Hall–Kier alpha value is -1.06. The number of esters is 1. The van der Waals surface area contributed by atoms with E-state index in [1.165, 1.54) is 44.9 Å². The van der Waals surface area contributed by atoms with Crippen molar-refractivity contribution in [1.29, 1.82) is 0 Å². The Morgan fingerprint density at radius 1 is 0.923 bits per heavy atom. The Bertz CT molecular complexity index is 405. The molecular formula is C22H40O4. The fourth-order valence-electron chi connectivity index (χ4n) is 3.95. The van der Waals surface area contributed by atoms with Crippen molar-refractivity contribution in [2.75, 3.05) is 0 Å². The fourth-order valence-corrected chi connectivity index (χ4v) is 3.95. The Morgan fingerprint density at radius 2 is 1.46 bits per heavy atom. The molecule has 0 aromatic rings. The number of carbonyl (C=O) groups is 2. The van der Waals surface area contributed by atoms with Gasteiger partial charge in [-0.05, 0) is 31.6 Å². The first kappa shape index (κ1) is 23.0. The third-order valence-electron chi connectivity index (χ3n) is 5.74. The maximum atomic E-state index is 12.6. The maximum Gasteiger partial charge on any atom is 0.310 e. The quantitative estimate of drug-likeness (QED) is 0.321. The number of carbonyl (C=O) groups excluding carboxylic acids is 1. The second-order valence-electron chi connectivity index (χ2n) is 8.32. The van der Waals surface area contributed by atoms with Crippen LogP contribution in [0.3, 0.4) is 0 Å². The molecule has 0 spiro atoms. The first-order valence-electron chi connectivity index (χ1n) is 10.9. The van der Waals surface area contributed by atoms with Crippen LogP contribution in [0.5, 0.6) is 0 Å². The number of carboxylic acid groups (broad SMARTS) is 1. The van der Waals surface area contributed by atoms with Crippen molar-refractivity contribution >= 4 is 11.9 Å². The largest absolute Gasteiger partial charge is 0.481 e. The van der Waals surface area contributed by atoms with Gasteiger partial charge in [-0.3, -0.25) is 9.59 Å². The van der Waals surface area contributed by atoms with Crippen molar-refractivity contribution in [3.05, 3.63) is 0 Å². The van der Waals surface area contributed by atoms with Crippen LogP contribution in [0.2, 0.25) is 0 Å². The minimum atomic E-state index is -0.851. The second kappa shape index (κ2) is 13.2. The third-order valence-corrected chi connectivity index (χ3v) is 5.74. The highest BCUT2D eigenvalue weighted by Crippen LogP contribution is 2.32. The van der Waals surface area contributed by atoms with E-state index in [0.29, 0.717) is 12.8 Å². The molecule has 0 heterocycles. The van der Waals surface area contributed by atoms with E-state index in [9.17, 15) is 14.7 Å². The number of rotatable bonds is 13. The molecule has 0 aromatic carbocycles. The number of carboxylic acids is 1. The van der Waals surface area contributed by atoms with E-state index in [-0.39, 0.29) is 18.0 Å². The molecule has 1 aliphatic carbocycles. The van der Waals surface area contributed by atoms with Gasteiger partial charge in [0.25, 0.3) is 0 Å². The van der Waals surface area contributed by atoms with E-state index >= 15 is 0 Å². The molecule has 1 rings (SSSR count). The van der Waals surface area contributed by atoms with Crippen LogP contribution in [-0.2, 0) is 14.3 Å². The van der Waals surface area contributed by atoms with E-state index in [2.05, 4.69) is 20.8 Å². The van der Waals surface area contributed by atoms with E-state index in [1.807, 2.05) is 0 Å². The van der Waals surface area contributed by atoms with Gasteiger partial charge in [-0.1, -0.05) is 78.6 Å². The van der Waals surface area contributed by atoms with Crippen molar-refractivity contribution in [3.8, 4) is 0 Å². The molecule has 0 saturated heterocycles. The van der Waals surface area contributed by atoms with Crippen LogP contribution in [0.25, 0.3) is 0 Å². The molecule has 4 nitrogen and oxygen atoms in total. The summed E-state index contributed by atoms with van der Waals surface area (Å²) in [6.45, 7) is 6.40. The molecule has 1 fully saturated rings. The van der Waals surface area contributed by atoms with Crippen molar-refractivity contribution in [2.24, 2.45) is 17.8 Å². The van der Waals surface area contributed by atoms with Crippen molar-refractivity contribution in [3.63, 3.8) is 0 Å². The van der Waals surface area contributed by atoms with Gasteiger partial charge >= 0.3 is 11.9 Å². The van der Waals surface area contributed by atoms with Gasteiger partial charge in [-0.25, -0.2) is 0 Å². The average molecular weight is 369 g/mol. The molecular weight excluding hydrogens is 328 g/mol. The van der Waals surface area contributed by atoms with Crippen molar-refractivity contribution in [2.45, 2.75) is 110 Å². The number of unbranched alkanes of at least 4 members (excludes halogenated alkanes) is 7. The highest BCUT2D eigenvalue weighted by molar-refractivity contribution is 5.81. The van der Waals surface area contributed by atoms with Gasteiger partial charge in [0.15, 0.2) is 0 Å². The molecule has 1 saturated carbocycles. The van der Waals surface area contributed by atoms with Gasteiger partial charge in [0.05, 0.1) is 11.8 Å². The second-order valence-corrected chi connectivity index (χ2v) is 8.32. The molecule has 4 heteroatoms. The molecule has 3 atom stereocenters. The maximum absolute atomic E-state index is 12.6. The molecule has 1 aliphatic rings. The topological polar surface area (TPSA) is 63.6 Å². The lowest BCUT2D eigenvalue weighted by atomic mass is 9.79. The molecule has 26 heavy (non-hydrogen) atoms. The Kier molecular flexibility index (Phi) is 11.6. The highest BCUT2D eigenvalue weighted by Gasteiger charge is 2.37. The zero-order valence-corrected chi connectivity index (χ0v) is 17.2. The zero-order chi connectivity index (χ0) is 19.4. The minimum absolute atomic E-state index is 0.0843. The van der Waals surface area contributed by atoms with Gasteiger partial charge in [0.2, 0.25) is 0 Å². The van der Waals surface area contributed by atoms with Crippen molar-refractivity contribution < 1.29 is 19.4 Å². The van der Waals surface area contributed by atoms with Gasteiger partial charge in [-0.2, -0.15) is 0 Å². The molecule has 0 aromatic heterocycles. The zero-order valence-electron chi connectivity index (χ0n) is 17.2. The van der Waals surface area contributed by atoms with E-state index in [1.54, 1.807) is 0 Å². The van der Waals surface area contributed by atoms with Crippen LogP contribution in [0, 0.1) is 17.8 Å². The molecule has 0 bridgehead atoms. The number of hydrogen-bond acceptors (Lipinski definition) is 3. The molecule has 1 N–H and O–H groups in total. The molecule has 0 radical (unpaired) electrons. The predicted molar refractivity (Wildman–Crippen MR) is 105 cm³/mol. The summed E-state index contributed by atoms with van der Waals surface area (Å²) in [5.41, 5.74) is 0. The molecule has 3 unspecified atom stereocenters. The van der Waals surface area contributed by atoms with Crippen LogP contribution in [0.1, 0.15) is 104 Å². The summed E-state index contributed by atoms with van der Waals surface area (Å²) in [5, 5.41) is 9.37. The van der Waals surface area contributed by atoms with Crippen LogP contribution in [0.15, 0.2) is 0 Å². The first-order valence-corrected chi connectivity index (χ1v) is 10.9. The summed E-state index contributed by atoms with van der Waals surface area (Å²) in [7, 11) is 0. The lowest BCUT2D eigenvalue weighted by molar-refractivity contribution is -0.165. The van der Waals surface area contributed by atoms with Crippen LogP contribution in [0.4, 0.5) is 0 Å². The first-order chi connectivity index (χ1) is 12.5. The minimum Gasteiger partial charge on any atom is -0.481 e. The van der Waals surface area contributed by atoms with Crippen LogP contribution < -0.4 is 0 Å². The Morgan fingerprint density at radius 3 is 2.00 bits per heavy atom. The standard InChI is InChI=1S/C22H40O4/c1-4-5-6-7-8-9-10-11-16-20(17(2)3)26-22(25)19-15-13-12-14-18(19)21(23)24/h17-20H,4-16H2,1-3H3,(H,23,24). The number of aliphatic carboxylic acids is 1. The Balaban J connectivity index is 2.35. The van der Waals surface area contributed by atoms with Crippen LogP contribution >= 0.6 is 0 Å². The number of ether oxygens (including phenoxy) is 1. The lowest BCUT2D eigenvalue weighted by Crippen LogP contribution is -2.36. The summed E-state index contributed by atoms with van der Waals surface area (Å²) in [5.74, 6) is -1.88. The summed E-state index contributed by atoms with van der Waals surface area (Å²) in [6.07, 6.45) is 14.0. The highest BCUT2D eigenvalue weighted by atomic mass is 16.5. The van der Waals surface area contributed by atoms with Gasteiger partial charge in [0.1, 0.15) is 6.10 Å². The third kappa shape index (κ3) is 8.55. The molecule has 0 amide bonds. The molecule has 0 aliphatic heterocycles. The fraction of sp³-hybridized carbons (Fsp3) is 0.909. The normalized spacial score (nSPS) is 21.5. The predicted octanol–water partition coefficient (Wildman–Crippen LogP) is 5.98. The van der Waals surface area contributed by atoms with Gasteiger partial charge < -0.3 is 9.84 Å². The van der Waals surface area contributed by atoms with E-state index in [4.69, 9.17) is 4.74 Å². The Labute approximate surface area is 160 Å². The van der Waals surface area contributed by atoms with E-state index in [0.717, 1.165) is 25.7 Å². The number of hydrogen-bond donors (Lipinski definition) is 1. The lowest BCUT2D eigenvalue weighted by Gasteiger charge is -2.30. The average Bonchev–Trinajstić information content (AvgIpc) is 2.62. The summed E-state index contributed by atoms with van der Waals surface area (Å²) < 4.78 is 5.79. The summed E-state index contributed by atoms with van der Waals surface area (Å²) in [6, 6.07) is 0. The molecule has 152 valence electrons. The van der Waals surface area contributed by atoms with Crippen molar-refractivity contribution in [1.82, 2.24) is 0 Å². The summed E-state index contributed by atoms with van der Waals surface area (Å²) >= 11 is 0.